The SMILES string of the molecule is C=CCC1(CBr)CCCOC1. The van der Waals surface area contributed by atoms with Gasteiger partial charge in [-0.2, -0.15) is 0 Å². The fourth-order valence-corrected chi connectivity index (χ4v) is 2.21. The summed E-state index contributed by atoms with van der Waals surface area (Å²) in [6.45, 7) is 5.60. The number of halogens is 1. The van der Waals surface area contributed by atoms with Crippen molar-refractivity contribution in [1.29, 1.82) is 0 Å². The molecule has 0 bridgehead atoms. The lowest BCUT2D eigenvalue weighted by molar-refractivity contribution is 0.00757. The molecule has 64 valence electrons. The van der Waals surface area contributed by atoms with Crippen LogP contribution in [-0.2, 0) is 4.74 Å². The Labute approximate surface area is 76.9 Å². The van der Waals surface area contributed by atoms with Crippen molar-refractivity contribution in [2.24, 2.45) is 5.41 Å². The topological polar surface area (TPSA) is 9.23 Å². The lowest BCUT2D eigenvalue weighted by Crippen LogP contribution is -2.32. The molecule has 11 heavy (non-hydrogen) atoms. The maximum atomic E-state index is 5.45. The predicted octanol–water partition coefficient (Wildman–Crippen LogP) is 2.75. The molecule has 1 saturated heterocycles. The van der Waals surface area contributed by atoms with Gasteiger partial charge in [-0.05, 0) is 19.3 Å². The van der Waals surface area contributed by atoms with Crippen molar-refractivity contribution < 1.29 is 4.74 Å². The molecular formula is C9H15BrO. The van der Waals surface area contributed by atoms with E-state index in [1.54, 1.807) is 0 Å². The second-order valence-electron chi connectivity index (χ2n) is 3.28. The highest BCUT2D eigenvalue weighted by Gasteiger charge is 2.30. The maximum Gasteiger partial charge on any atom is 0.0533 e. The first-order valence-electron chi connectivity index (χ1n) is 4.08. The summed E-state index contributed by atoms with van der Waals surface area (Å²) in [5.41, 5.74) is 0.347. The average molecular weight is 219 g/mol. The second kappa shape index (κ2) is 4.27. The third-order valence-corrected chi connectivity index (χ3v) is 3.45. The molecule has 0 aliphatic carbocycles. The number of ether oxygens (including phenoxy) is 1. The Bertz CT molecular complexity index is 128. The van der Waals surface area contributed by atoms with E-state index >= 15 is 0 Å². The molecule has 1 aliphatic rings. The van der Waals surface area contributed by atoms with E-state index in [9.17, 15) is 0 Å². The molecule has 0 amide bonds. The minimum atomic E-state index is 0.347. The summed E-state index contributed by atoms with van der Waals surface area (Å²) < 4.78 is 5.45. The minimum absolute atomic E-state index is 0.347. The maximum absolute atomic E-state index is 5.45. The van der Waals surface area contributed by atoms with Crippen molar-refractivity contribution in [2.45, 2.75) is 19.3 Å². The Kier molecular flexibility index (Phi) is 3.60. The summed E-state index contributed by atoms with van der Waals surface area (Å²) in [5, 5.41) is 1.03. The molecule has 0 saturated carbocycles. The fraction of sp³-hybridized carbons (Fsp3) is 0.778. The van der Waals surface area contributed by atoms with Crippen LogP contribution in [0.15, 0.2) is 12.7 Å². The molecule has 1 atom stereocenters. The van der Waals surface area contributed by atoms with Crippen molar-refractivity contribution in [1.82, 2.24) is 0 Å². The highest BCUT2D eigenvalue weighted by atomic mass is 79.9. The molecular weight excluding hydrogens is 204 g/mol. The van der Waals surface area contributed by atoms with Gasteiger partial charge in [0.2, 0.25) is 0 Å². The van der Waals surface area contributed by atoms with E-state index in [0.29, 0.717) is 5.41 Å². The molecule has 1 unspecified atom stereocenters. The summed E-state index contributed by atoms with van der Waals surface area (Å²) in [4.78, 5) is 0. The molecule has 2 heteroatoms. The smallest absolute Gasteiger partial charge is 0.0533 e. The number of allylic oxidation sites excluding steroid dienone is 1. The molecule has 0 N–H and O–H groups in total. The van der Waals surface area contributed by atoms with Gasteiger partial charge in [-0.3, -0.25) is 0 Å². The zero-order valence-electron chi connectivity index (χ0n) is 6.81. The Hall–Kier alpha value is 0.180. The average Bonchev–Trinajstić information content (AvgIpc) is 2.07. The number of alkyl halides is 1. The van der Waals surface area contributed by atoms with Crippen LogP contribution in [0.25, 0.3) is 0 Å². The lowest BCUT2D eigenvalue weighted by atomic mass is 9.82. The Balaban J connectivity index is 2.49. The van der Waals surface area contributed by atoms with Gasteiger partial charge in [0.05, 0.1) is 6.61 Å². The van der Waals surface area contributed by atoms with Crippen LogP contribution >= 0.6 is 15.9 Å². The summed E-state index contributed by atoms with van der Waals surface area (Å²) in [6.07, 6.45) is 5.53. The molecule has 0 aromatic heterocycles. The van der Waals surface area contributed by atoms with E-state index in [0.717, 1.165) is 25.0 Å². The van der Waals surface area contributed by atoms with Gasteiger partial charge in [0, 0.05) is 17.4 Å². The largest absolute Gasteiger partial charge is 0.381 e. The molecule has 1 rings (SSSR count). The predicted molar refractivity (Wildman–Crippen MR) is 51.1 cm³/mol. The van der Waals surface area contributed by atoms with Crippen LogP contribution in [0.3, 0.4) is 0 Å². The number of hydrogen-bond acceptors (Lipinski definition) is 1. The van der Waals surface area contributed by atoms with Crippen LogP contribution in [0.2, 0.25) is 0 Å². The van der Waals surface area contributed by atoms with E-state index in [1.165, 1.54) is 12.8 Å². The van der Waals surface area contributed by atoms with E-state index in [2.05, 4.69) is 22.5 Å². The Morgan fingerprint density at radius 1 is 1.64 bits per heavy atom. The normalized spacial score (nSPS) is 31.7. The van der Waals surface area contributed by atoms with Gasteiger partial charge >= 0.3 is 0 Å². The molecule has 1 fully saturated rings. The van der Waals surface area contributed by atoms with Crippen LogP contribution in [0.1, 0.15) is 19.3 Å². The second-order valence-corrected chi connectivity index (χ2v) is 3.84. The summed E-state index contributed by atoms with van der Waals surface area (Å²) >= 11 is 3.54. The number of hydrogen-bond donors (Lipinski definition) is 0. The van der Waals surface area contributed by atoms with E-state index in [1.807, 2.05) is 6.08 Å². The highest BCUT2D eigenvalue weighted by molar-refractivity contribution is 9.09. The highest BCUT2D eigenvalue weighted by Crippen LogP contribution is 2.34. The van der Waals surface area contributed by atoms with Crippen molar-refractivity contribution in [3.8, 4) is 0 Å². The van der Waals surface area contributed by atoms with Crippen molar-refractivity contribution >= 4 is 15.9 Å². The molecule has 0 aromatic carbocycles. The minimum Gasteiger partial charge on any atom is -0.381 e. The van der Waals surface area contributed by atoms with Gasteiger partial charge < -0.3 is 4.74 Å². The quantitative estimate of drug-likeness (QED) is 0.523. The standard InChI is InChI=1S/C9H15BrO/c1-2-4-9(7-10)5-3-6-11-8-9/h2H,1,3-8H2. The van der Waals surface area contributed by atoms with Gasteiger partial charge in [0.25, 0.3) is 0 Å². The van der Waals surface area contributed by atoms with Crippen molar-refractivity contribution in [3.63, 3.8) is 0 Å². The molecule has 1 aliphatic heterocycles. The van der Waals surface area contributed by atoms with E-state index in [-0.39, 0.29) is 0 Å². The van der Waals surface area contributed by atoms with Crippen LogP contribution in [-0.4, -0.2) is 18.5 Å². The Morgan fingerprint density at radius 2 is 2.45 bits per heavy atom. The third kappa shape index (κ3) is 2.31. The summed E-state index contributed by atoms with van der Waals surface area (Å²) in [7, 11) is 0. The van der Waals surface area contributed by atoms with Gasteiger partial charge in [0.15, 0.2) is 0 Å². The fourth-order valence-electron chi connectivity index (χ4n) is 1.54. The van der Waals surface area contributed by atoms with Crippen molar-refractivity contribution in [2.75, 3.05) is 18.5 Å². The van der Waals surface area contributed by atoms with Gasteiger partial charge in [-0.1, -0.05) is 22.0 Å². The third-order valence-electron chi connectivity index (χ3n) is 2.26. The number of rotatable bonds is 3. The van der Waals surface area contributed by atoms with Crippen molar-refractivity contribution in [3.05, 3.63) is 12.7 Å². The van der Waals surface area contributed by atoms with Crippen LogP contribution in [0.5, 0.6) is 0 Å². The molecule has 0 radical (unpaired) electrons. The zero-order valence-corrected chi connectivity index (χ0v) is 8.40. The van der Waals surface area contributed by atoms with Gasteiger partial charge in [0.1, 0.15) is 0 Å². The first-order chi connectivity index (χ1) is 5.33. The summed E-state index contributed by atoms with van der Waals surface area (Å²) in [6, 6.07) is 0. The Morgan fingerprint density at radius 3 is 2.91 bits per heavy atom. The lowest BCUT2D eigenvalue weighted by Gasteiger charge is -2.34. The summed E-state index contributed by atoms with van der Waals surface area (Å²) in [5.74, 6) is 0. The van der Waals surface area contributed by atoms with Crippen LogP contribution in [0.4, 0.5) is 0 Å². The first-order valence-corrected chi connectivity index (χ1v) is 5.20. The van der Waals surface area contributed by atoms with Crippen LogP contribution < -0.4 is 0 Å². The first kappa shape index (κ1) is 9.27. The molecule has 0 aromatic rings. The molecule has 1 nitrogen and oxygen atoms in total. The monoisotopic (exact) mass is 218 g/mol. The van der Waals surface area contributed by atoms with E-state index in [4.69, 9.17) is 4.74 Å². The van der Waals surface area contributed by atoms with E-state index < -0.39 is 0 Å². The molecule has 1 heterocycles. The van der Waals surface area contributed by atoms with Crippen LogP contribution in [0, 0.1) is 5.41 Å². The van der Waals surface area contributed by atoms with Gasteiger partial charge in [-0.15, -0.1) is 6.58 Å². The zero-order chi connectivity index (χ0) is 8.16. The molecule has 0 spiro atoms. The van der Waals surface area contributed by atoms with Gasteiger partial charge in [-0.25, -0.2) is 0 Å².